The van der Waals surface area contributed by atoms with Gasteiger partial charge in [0.25, 0.3) is 0 Å². The van der Waals surface area contributed by atoms with E-state index in [0.717, 1.165) is 5.57 Å². The molecule has 0 amide bonds. The third-order valence-corrected chi connectivity index (χ3v) is 7.64. The molecule has 1 aromatic carbocycles. The first-order valence-electron chi connectivity index (χ1n) is 11.7. The molecule has 2 aliphatic rings. The topological polar surface area (TPSA) is 93.1 Å². The molecular weight excluding hydrogens is 420 g/mol. The molecule has 33 heavy (non-hydrogen) atoms. The highest BCUT2D eigenvalue weighted by Crippen LogP contribution is 2.58. The largest absolute Gasteiger partial charge is 0.508 e. The quantitative estimate of drug-likeness (QED) is 0.370. The van der Waals surface area contributed by atoms with Gasteiger partial charge in [-0.25, -0.2) is 9.59 Å². The minimum Gasteiger partial charge on any atom is -0.508 e. The van der Waals surface area contributed by atoms with Crippen LogP contribution in [0.25, 0.3) is 0 Å². The first-order chi connectivity index (χ1) is 15.4. The number of allylic oxidation sites excluding steroid dienone is 1. The summed E-state index contributed by atoms with van der Waals surface area (Å²) >= 11 is 0. The number of esters is 2. The average molecular weight is 457 g/mol. The van der Waals surface area contributed by atoms with Crippen molar-refractivity contribution in [3.63, 3.8) is 0 Å². The molecule has 0 saturated heterocycles. The third-order valence-electron chi connectivity index (χ3n) is 7.64. The standard InChI is InChI=1S/C27H36O6/c1-7-18(5)24(29)33-22-15-17(4)14-21(32-25(30)19-8-10-20(28)11-9-19)23-26(22,6)12-13-27(23,31)16(2)3/h7-11,15-16,21-23,28,31H,12-14H2,1-6H3/b18-7+. The lowest BCUT2D eigenvalue weighted by molar-refractivity contribution is -0.159. The van der Waals surface area contributed by atoms with E-state index in [-0.39, 0.29) is 17.6 Å². The molecule has 5 atom stereocenters. The minimum atomic E-state index is -1.08. The van der Waals surface area contributed by atoms with Gasteiger partial charge in [-0.15, -0.1) is 0 Å². The number of fused-ring (bicyclic) bond motifs is 1. The van der Waals surface area contributed by atoms with Gasteiger partial charge in [-0.2, -0.15) is 0 Å². The van der Waals surface area contributed by atoms with Crippen molar-refractivity contribution < 1.29 is 29.3 Å². The molecule has 0 radical (unpaired) electrons. The van der Waals surface area contributed by atoms with E-state index in [9.17, 15) is 19.8 Å². The van der Waals surface area contributed by atoms with Crippen LogP contribution in [0.3, 0.4) is 0 Å². The Hall–Kier alpha value is -2.60. The van der Waals surface area contributed by atoms with Crippen molar-refractivity contribution >= 4 is 11.9 Å². The van der Waals surface area contributed by atoms with E-state index < -0.39 is 35.1 Å². The molecule has 0 aromatic heterocycles. The monoisotopic (exact) mass is 456 g/mol. The first-order valence-corrected chi connectivity index (χ1v) is 11.7. The number of hydrogen-bond acceptors (Lipinski definition) is 6. The Labute approximate surface area is 196 Å². The zero-order chi connectivity index (χ0) is 24.6. The van der Waals surface area contributed by atoms with Crippen molar-refractivity contribution in [1.82, 2.24) is 0 Å². The number of phenols is 1. The van der Waals surface area contributed by atoms with Crippen molar-refractivity contribution in [3.05, 3.63) is 53.1 Å². The molecular formula is C27H36O6. The number of hydrogen-bond donors (Lipinski definition) is 2. The number of phenolic OH excluding ortho intramolecular Hbond substituents is 1. The number of aliphatic hydroxyl groups is 1. The second kappa shape index (κ2) is 9.34. The Morgan fingerprint density at radius 1 is 1.15 bits per heavy atom. The summed E-state index contributed by atoms with van der Waals surface area (Å²) in [5, 5.41) is 21.4. The summed E-state index contributed by atoms with van der Waals surface area (Å²) in [4.78, 5) is 25.7. The van der Waals surface area contributed by atoms with E-state index in [0.29, 0.717) is 30.4 Å². The van der Waals surface area contributed by atoms with Gasteiger partial charge in [0.2, 0.25) is 0 Å². The highest BCUT2D eigenvalue weighted by Gasteiger charge is 2.63. The maximum Gasteiger partial charge on any atom is 0.338 e. The highest BCUT2D eigenvalue weighted by atomic mass is 16.6. The molecule has 2 N–H and O–H groups in total. The molecule has 6 nitrogen and oxygen atoms in total. The summed E-state index contributed by atoms with van der Waals surface area (Å²) in [5.41, 5.74) is 0.112. The summed E-state index contributed by atoms with van der Waals surface area (Å²) in [5.74, 6) is -1.33. The summed E-state index contributed by atoms with van der Waals surface area (Å²) < 4.78 is 12.0. The maximum absolute atomic E-state index is 13.0. The van der Waals surface area contributed by atoms with E-state index in [1.54, 1.807) is 19.9 Å². The van der Waals surface area contributed by atoms with E-state index in [1.807, 2.05) is 33.8 Å². The molecule has 0 aliphatic heterocycles. The summed E-state index contributed by atoms with van der Waals surface area (Å²) in [6.45, 7) is 11.4. The van der Waals surface area contributed by atoms with Crippen LogP contribution in [-0.2, 0) is 14.3 Å². The van der Waals surface area contributed by atoms with Crippen LogP contribution >= 0.6 is 0 Å². The molecule has 2 aliphatic carbocycles. The second-order valence-electron chi connectivity index (χ2n) is 10.1. The van der Waals surface area contributed by atoms with Gasteiger partial charge < -0.3 is 19.7 Å². The van der Waals surface area contributed by atoms with Crippen LogP contribution < -0.4 is 0 Å². The number of benzene rings is 1. The highest BCUT2D eigenvalue weighted by molar-refractivity contribution is 5.89. The maximum atomic E-state index is 13.0. The number of carbonyl (C=O) groups excluding carboxylic acids is 2. The molecule has 1 saturated carbocycles. The zero-order valence-electron chi connectivity index (χ0n) is 20.4. The molecule has 5 unspecified atom stereocenters. The summed E-state index contributed by atoms with van der Waals surface area (Å²) in [6.07, 6.45) is 4.14. The smallest absolute Gasteiger partial charge is 0.338 e. The fourth-order valence-corrected chi connectivity index (χ4v) is 5.42. The Bertz CT molecular complexity index is 959. The van der Waals surface area contributed by atoms with Gasteiger partial charge in [0.1, 0.15) is 18.0 Å². The van der Waals surface area contributed by atoms with Gasteiger partial charge in [0.05, 0.1) is 11.2 Å². The molecule has 1 aromatic rings. The van der Waals surface area contributed by atoms with Crippen LogP contribution in [0.1, 0.15) is 71.2 Å². The van der Waals surface area contributed by atoms with E-state index in [4.69, 9.17) is 9.47 Å². The zero-order valence-corrected chi connectivity index (χ0v) is 20.4. The van der Waals surface area contributed by atoms with Crippen LogP contribution in [-0.4, -0.2) is 40.0 Å². The van der Waals surface area contributed by atoms with Crippen molar-refractivity contribution in [2.75, 3.05) is 0 Å². The van der Waals surface area contributed by atoms with Gasteiger partial charge in [-0.3, -0.25) is 0 Å². The lowest BCUT2D eigenvalue weighted by atomic mass is 9.66. The van der Waals surface area contributed by atoms with E-state index >= 15 is 0 Å². The van der Waals surface area contributed by atoms with Crippen LogP contribution in [0.5, 0.6) is 5.75 Å². The molecule has 3 rings (SSSR count). The Morgan fingerprint density at radius 3 is 2.36 bits per heavy atom. The molecule has 1 fully saturated rings. The Morgan fingerprint density at radius 2 is 1.79 bits per heavy atom. The van der Waals surface area contributed by atoms with E-state index in [2.05, 4.69) is 0 Å². The van der Waals surface area contributed by atoms with Crippen molar-refractivity contribution in [2.45, 2.75) is 78.6 Å². The van der Waals surface area contributed by atoms with Crippen molar-refractivity contribution in [3.8, 4) is 5.75 Å². The van der Waals surface area contributed by atoms with Crippen LogP contribution in [0, 0.1) is 17.3 Å². The number of rotatable bonds is 5. The number of aromatic hydroxyl groups is 1. The average Bonchev–Trinajstić information content (AvgIpc) is 3.00. The van der Waals surface area contributed by atoms with E-state index in [1.165, 1.54) is 24.3 Å². The molecule has 0 bridgehead atoms. The summed E-state index contributed by atoms with van der Waals surface area (Å²) in [7, 11) is 0. The van der Waals surface area contributed by atoms with Gasteiger partial charge in [-0.1, -0.05) is 32.4 Å². The fraction of sp³-hybridized carbons (Fsp3) is 0.556. The lowest BCUT2D eigenvalue weighted by Gasteiger charge is -2.45. The second-order valence-corrected chi connectivity index (χ2v) is 10.1. The van der Waals surface area contributed by atoms with Gasteiger partial charge in [0.15, 0.2) is 0 Å². The van der Waals surface area contributed by atoms with Crippen LogP contribution in [0.15, 0.2) is 47.6 Å². The minimum absolute atomic E-state index is 0.0680. The van der Waals surface area contributed by atoms with Gasteiger partial charge >= 0.3 is 11.9 Å². The predicted octanol–water partition coefficient (Wildman–Crippen LogP) is 4.95. The van der Waals surface area contributed by atoms with Crippen LogP contribution in [0.4, 0.5) is 0 Å². The van der Waals surface area contributed by atoms with Crippen LogP contribution in [0.2, 0.25) is 0 Å². The predicted molar refractivity (Wildman–Crippen MR) is 126 cm³/mol. The fourth-order valence-electron chi connectivity index (χ4n) is 5.42. The lowest BCUT2D eigenvalue weighted by Crippen LogP contribution is -2.53. The third kappa shape index (κ3) is 4.72. The Kier molecular flexibility index (Phi) is 7.08. The van der Waals surface area contributed by atoms with Crippen molar-refractivity contribution in [1.29, 1.82) is 0 Å². The normalized spacial score (nSPS) is 32.1. The molecule has 0 heterocycles. The van der Waals surface area contributed by atoms with Gasteiger partial charge in [-0.05, 0) is 69.9 Å². The van der Waals surface area contributed by atoms with Crippen molar-refractivity contribution in [2.24, 2.45) is 17.3 Å². The first kappa shape index (κ1) is 25.0. The SMILES string of the molecule is C/C=C(\C)C(=O)OC1C=C(C)CC(OC(=O)c2ccc(O)cc2)C2C1(C)CCC2(O)C(C)C. The molecule has 0 spiro atoms. The Balaban J connectivity index is 2.01. The molecule has 6 heteroatoms. The van der Waals surface area contributed by atoms with Gasteiger partial charge in [0, 0.05) is 23.3 Å². The number of ether oxygens (including phenoxy) is 2. The summed E-state index contributed by atoms with van der Waals surface area (Å²) in [6, 6.07) is 5.92. The molecule has 180 valence electrons. The number of carbonyl (C=O) groups is 2.